The summed E-state index contributed by atoms with van der Waals surface area (Å²) in [5.41, 5.74) is 2.08. The van der Waals surface area contributed by atoms with Crippen LogP contribution < -0.4 is 10.2 Å². The molecule has 0 bridgehead atoms. The predicted molar refractivity (Wildman–Crippen MR) is 98.1 cm³/mol. The highest BCUT2D eigenvalue weighted by Gasteiger charge is 2.22. The van der Waals surface area contributed by atoms with E-state index in [1.807, 2.05) is 41.3 Å². The van der Waals surface area contributed by atoms with Crippen molar-refractivity contribution in [2.75, 3.05) is 38.0 Å². The number of amides is 2. The first-order valence-corrected chi connectivity index (χ1v) is 8.47. The highest BCUT2D eigenvalue weighted by Crippen LogP contribution is 2.06. The molecular formula is C20H24N3O+. The second kappa shape index (κ2) is 8.31. The van der Waals surface area contributed by atoms with E-state index in [4.69, 9.17) is 0 Å². The van der Waals surface area contributed by atoms with Gasteiger partial charge in [-0.15, -0.1) is 0 Å². The molecule has 4 nitrogen and oxygen atoms in total. The number of piperazine rings is 1. The van der Waals surface area contributed by atoms with E-state index < -0.39 is 0 Å². The lowest BCUT2D eigenvalue weighted by molar-refractivity contribution is -0.898. The van der Waals surface area contributed by atoms with Gasteiger partial charge in [0.15, 0.2) is 0 Å². The minimum absolute atomic E-state index is 0.0000719. The Morgan fingerprint density at radius 1 is 1.00 bits per heavy atom. The van der Waals surface area contributed by atoms with Crippen molar-refractivity contribution in [1.82, 2.24) is 4.90 Å². The van der Waals surface area contributed by atoms with E-state index >= 15 is 0 Å². The lowest BCUT2D eigenvalue weighted by Crippen LogP contribution is -3.14. The zero-order chi connectivity index (χ0) is 16.6. The molecule has 1 aliphatic heterocycles. The van der Waals surface area contributed by atoms with Crippen molar-refractivity contribution in [2.24, 2.45) is 0 Å². The van der Waals surface area contributed by atoms with Crippen molar-refractivity contribution in [3.63, 3.8) is 0 Å². The Hall–Kier alpha value is -2.59. The first-order valence-electron chi connectivity index (χ1n) is 8.47. The molecule has 3 rings (SSSR count). The zero-order valence-corrected chi connectivity index (χ0v) is 13.8. The number of quaternary nitrogens is 1. The average molecular weight is 322 g/mol. The average Bonchev–Trinajstić information content (AvgIpc) is 2.64. The fourth-order valence-electron chi connectivity index (χ4n) is 2.88. The maximum absolute atomic E-state index is 12.3. The number of hydrogen-bond donors (Lipinski definition) is 2. The highest BCUT2D eigenvalue weighted by molar-refractivity contribution is 5.89. The summed E-state index contributed by atoms with van der Waals surface area (Å²) in [6, 6.07) is 20.0. The van der Waals surface area contributed by atoms with Crippen LogP contribution in [0.15, 0.2) is 66.7 Å². The van der Waals surface area contributed by atoms with Gasteiger partial charge in [-0.2, -0.15) is 0 Å². The maximum Gasteiger partial charge on any atom is 0.322 e. The SMILES string of the molecule is O=C(Nc1ccccc1)N1CC[NH+](C/C=C/c2ccccc2)CC1. The first kappa shape index (κ1) is 16.3. The molecule has 2 N–H and O–H groups in total. The number of nitrogens with zero attached hydrogens (tertiary/aromatic N) is 1. The molecule has 0 aromatic heterocycles. The first-order chi connectivity index (χ1) is 11.8. The minimum Gasteiger partial charge on any atom is -0.329 e. The molecule has 24 heavy (non-hydrogen) atoms. The summed E-state index contributed by atoms with van der Waals surface area (Å²) in [6.07, 6.45) is 4.39. The standard InChI is InChI=1S/C20H23N3O/c24-20(21-19-11-5-2-6-12-19)23-16-14-22(15-17-23)13-7-10-18-8-3-1-4-9-18/h1-12H,13-17H2,(H,21,24)/p+1/b10-7+. The summed E-state index contributed by atoms with van der Waals surface area (Å²) >= 11 is 0. The third-order valence-corrected chi connectivity index (χ3v) is 4.30. The van der Waals surface area contributed by atoms with Crippen molar-refractivity contribution in [3.8, 4) is 0 Å². The molecule has 1 fully saturated rings. The lowest BCUT2D eigenvalue weighted by atomic mass is 10.2. The van der Waals surface area contributed by atoms with E-state index in [9.17, 15) is 4.79 Å². The molecule has 4 heteroatoms. The van der Waals surface area contributed by atoms with Gasteiger partial charge >= 0.3 is 6.03 Å². The van der Waals surface area contributed by atoms with Crippen LogP contribution in [0.25, 0.3) is 6.08 Å². The molecule has 0 aliphatic carbocycles. The number of carbonyl (C=O) groups excluding carboxylic acids is 1. The van der Waals surface area contributed by atoms with Gasteiger partial charge in [0.1, 0.15) is 0 Å². The van der Waals surface area contributed by atoms with Gasteiger partial charge in [0, 0.05) is 5.69 Å². The van der Waals surface area contributed by atoms with Crippen LogP contribution in [0.1, 0.15) is 5.56 Å². The van der Waals surface area contributed by atoms with Gasteiger partial charge < -0.3 is 15.1 Å². The highest BCUT2D eigenvalue weighted by atomic mass is 16.2. The molecule has 124 valence electrons. The summed E-state index contributed by atoms with van der Waals surface area (Å²) in [5, 5.41) is 2.95. The summed E-state index contributed by atoms with van der Waals surface area (Å²) in [7, 11) is 0. The number of nitrogens with one attached hydrogen (secondary N) is 2. The Morgan fingerprint density at radius 3 is 2.29 bits per heavy atom. The molecule has 2 amide bonds. The molecule has 0 spiro atoms. The van der Waals surface area contributed by atoms with E-state index in [1.165, 1.54) is 10.5 Å². The molecule has 2 aromatic rings. The molecule has 0 unspecified atom stereocenters. The van der Waals surface area contributed by atoms with E-state index in [0.29, 0.717) is 0 Å². The normalized spacial score (nSPS) is 15.6. The van der Waals surface area contributed by atoms with Crippen molar-refractivity contribution in [2.45, 2.75) is 0 Å². The monoisotopic (exact) mass is 322 g/mol. The molecule has 0 radical (unpaired) electrons. The van der Waals surface area contributed by atoms with Gasteiger partial charge in [0.2, 0.25) is 0 Å². The van der Waals surface area contributed by atoms with Gasteiger partial charge in [0.05, 0.1) is 32.7 Å². The van der Waals surface area contributed by atoms with Gasteiger partial charge in [-0.25, -0.2) is 4.79 Å². The fourth-order valence-corrected chi connectivity index (χ4v) is 2.88. The van der Waals surface area contributed by atoms with Crippen molar-refractivity contribution < 1.29 is 9.69 Å². The van der Waals surface area contributed by atoms with Crippen molar-refractivity contribution >= 4 is 17.8 Å². The molecule has 0 atom stereocenters. The van der Waals surface area contributed by atoms with Crippen LogP contribution in [-0.2, 0) is 0 Å². The van der Waals surface area contributed by atoms with Gasteiger partial charge in [0.25, 0.3) is 0 Å². The summed E-state index contributed by atoms with van der Waals surface area (Å²) in [4.78, 5) is 15.7. The number of carbonyl (C=O) groups is 1. The van der Waals surface area contributed by atoms with Crippen LogP contribution in [-0.4, -0.2) is 43.7 Å². The van der Waals surface area contributed by atoms with Crippen LogP contribution in [0.4, 0.5) is 10.5 Å². The van der Waals surface area contributed by atoms with Crippen molar-refractivity contribution in [3.05, 3.63) is 72.3 Å². The number of anilines is 1. The zero-order valence-electron chi connectivity index (χ0n) is 13.8. The Kier molecular flexibility index (Phi) is 5.64. The lowest BCUT2D eigenvalue weighted by Gasteiger charge is -2.31. The maximum atomic E-state index is 12.3. The molecule has 0 saturated carbocycles. The Morgan fingerprint density at radius 2 is 1.62 bits per heavy atom. The number of para-hydroxylation sites is 1. The molecular weight excluding hydrogens is 298 g/mol. The largest absolute Gasteiger partial charge is 0.329 e. The Labute approximate surface area is 143 Å². The van der Waals surface area contributed by atoms with Crippen LogP contribution >= 0.6 is 0 Å². The van der Waals surface area contributed by atoms with Crippen LogP contribution in [0.5, 0.6) is 0 Å². The van der Waals surface area contributed by atoms with Crippen LogP contribution in [0.3, 0.4) is 0 Å². The molecule has 1 saturated heterocycles. The molecule has 2 aromatic carbocycles. The second-order valence-corrected chi connectivity index (χ2v) is 6.05. The Balaban J connectivity index is 1.42. The van der Waals surface area contributed by atoms with Gasteiger partial charge in [-0.05, 0) is 23.8 Å². The summed E-state index contributed by atoms with van der Waals surface area (Å²) in [5.74, 6) is 0. The van der Waals surface area contributed by atoms with E-state index in [1.54, 1.807) is 0 Å². The second-order valence-electron chi connectivity index (χ2n) is 6.05. The van der Waals surface area contributed by atoms with E-state index in [-0.39, 0.29) is 6.03 Å². The third kappa shape index (κ3) is 4.70. The Bertz CT molecular complexity index is 662. The number of rotatable bonds is 4. The predicted octanol–water partition coefficient (Wildman–Crippen LogP) is 2.13. The minimum atomic E-state index is 0.0000719. The topological polar surface area (TPSA) is 36.8 Å². The van der Waals surface area contributed by atoms with Gasteiger partial charge in [-0.1, -0.05) is 54.6 Å². The van der Waals surface area contributed by atoms with E-state index in [2.05, 4.69) is 41.7 Å². The number of benzene rings is 2. The third-order valence-electron chi connectivity index (χ3n) is 4.30. The summed E-state index contributed by atoms with van der Waals surface area (Å²) < 4.78 is 0. The van der Waals surface area contributed by atoms with Gasteiger partial charge in [-0.3, -0.25) is 0 Å². The number of hydrogen-bond acceptors (Lipinski definition) is 1. The summed E-state index contributed by atoms with van der Waals surface area (Å²) in [6.45, 7) is 4.58. The van der Waals surface area contributed by atoms with Crippen LogP contribution in [0, 0.1) is 0 Å². The fraction of sp³-hybridized carbons (Fsp3) is 0.250. The number of urea groups is 1. The quantitative estimate of drug-likeness (QED) is 0.889. The van der Waals surface area contributed by atoms with Crippen molar-refractivity contribution in [1.29, 1.82) is 0 Å². The molecule has 1 aliphatic rings. The molecule has 1 heterocycles. The smallest absolute Gasteiger partial charge is 0.322 e. The van der Waals surface area contributed by atoms with Crippen LogP contribution in [0.2, 0.25) is 0 Å². The van der Waals surface area contributed by atoms with E-state index in [0.717, 1.165) is 38.4 Å².